The maximum atomic E-state index is 13.6. The van der Waals surface area contributed by atoms with Crippen LogP contribution in [-0.2, 0) is 22.6 Å². The van der Waals surface area contributed by atoms with Gasteiger partial charge in [-0.15, -0.1) is 0 Å². The van der Waals surface area contributed by atoms with Gasteiger partial charge in [-0.25, -0.2) is 0 Å². The van der Waals surface area contributed by atoms with E-state index >= 15 is 0 Å². The van der Waals surface area contributed by atoms with E-state index in [9.17, 15) is 9.59 Å². The second-order valence-corrected chi connectivity index (χ2v) is 9.37. The zero-order chi connectivity index (χ0) is 25.4. The van der Waals surface area contributed by atoms with Crippen molar-refractivity contribution in [2.75, 3.05) is 6.61 Å². The first-order valence-corrected chi connectivity index (χ1v) is 12.1. The fourth-order valence-corrected chi connectivity index (χ4v) is 4.09. The number of benzene rings is 3. The Balaban J connectivity index is 1.91. The van der Waals surface area contributed by atoms with E-state index in [1.165, 1.54) is 0 Å². The molecule has 3 aromatic carbocycles. The van der Waals surface area contributed by atoms with E-state index in [0.29, 0.717) is 18.7 Å². The molecule has 0 aliphatic rings. The van der Waals surface area contributed by atoms with Crippen molar-refractivity contribution < 1.29 is 14.3 Å². The number of ether oxygens (including phenoxy) is 1. The van der Waals surface area contributed by atoms with Gasteiger partial charge in [-0.05, 0) is 68.5 Å². The predicted octanol–water partition coefficient (Wildman–Crippen LogP) is 5.16. The molecule has 5 heteroatoms. The SMILES string of the molecule is Cc1cc(C)c(C)c(OCC(=O)N(Cc2ccccc2)[C@@H](Cc2ccccc2)C(=O)NC(C)C)c1. The number of hydrogen-bond donors (Lipinski definition) is 1. The summed E-state index contributed by atoms with van der Waals surface area (Å²) < 4.78 is 6.02. The lowest BCUT2D eigenvalue weighted by molar-refractivity contribution is -0.143. The van der Waals surface area contributed by atoms with Crippen LogP contribution in [0.25, 0.3) is 0 Å². The number of amides is 2. The van der Waals surface area contributed by atoms with Gasteiger partial charge in [0.15, 0.2) is 6.61 Å². The standard InChI is InChI=1S/C30H36N2O3/c1-21(2)31-30(34)27(18-25-12-8-6-9-13-25)32(19-26-14-10-7-11-15-26)29(33)20-35-28-17-22(3)16-23(4)24(28)5/h6-17,21,27H,18-20H2,1-5H3,(H,31,34)/t27-/m0/s1. The van der Waals surface area contributed by atoms with Gasteiger partial charge in [0.05, 0.1) is 0 Å². The number of nitrogens with one attached hydrogen (secondary N) is 1. The molecule has 0 aliphatic heterocycles. The molecule has 0 aliphatic carbocycles. The number of carbonyl (C=O) groups is 2. The molecule has 0 bridgehead atoms. The number of aryl methyl sites for hydroxylation is 2. The van der Waals surface area contributed by atoms with E-state index in [1.54, 1.807) is 4.90 Å². The summed E-state index contributed by atoms with van der Waals surface area (Å²) in [5.74, 6) is 0.296. The number of carbonyl (C=O) groups excluding carboxylic acids is 2. The molecule has 35 heavy (non-hydrogen) atoms. The zero-order valence-corrected chi connectivity index (χ0v) is 21.4. The minimum absolute atomic E-state index is 0.0383. The van der Waals surface area contributed by atoms with Gasteiger partial charge in [-0.2, -0.15) is 0 Å². The summed E-state index contributed by atoms with van der Waals surface area (Å²) in [6.45, 7) is 10.1. The molecule has 1 atom stereocenters. The van der Waals surface area contributed by atoms with Crippen LogP contribution >= 0.6 is 0 Å². The van der Waals surface area contributed by atoms with Crippen molar-refractivity contribution in [3.8, 4) is 5.75 Å². The van der Waals surface area contributed by atoms with Crippen molar-refractivity contribution in [3.63, 3.8) is 0 Å². The molecule has 3 rings (SSSR count). The molecule has 0 radical (unpaired) electrons. The van der Waals surface area contributed by atoms with Crippen molar-refractivity contribution in [1.82, 2.24) is 10.2 Å². The van der Waals surface area contributed by atoms with Gasteiger partial charge in [-0.3, -0.25) is 9.59 Å². The fourth-order valence-electron chi connectivity index (χ4n) is 4.09. The van der Waals surface area contributed by atoms with Crippen LogP contribution in [0.5, 0.6) is 5.75 Å². The Morgan fingerprint density at radius 2 is 1.49 bits per heavy atom. The predicted molar refractivity (Wildman–Crippen MR) is 140 cm³/mol. The molecule has 5 nitrogen and oxygen atoms in total. The van der Waals surface area contributed by atoms with Gasteiger partial charge >= 0.3 is 0 Å². The molecular formula is C30H36N2O3. The number of nitrogens with zero attached hydrogens (tertiary/aromatic N) is 1. The van der Waals surface area contributed by atoms with Crippen molar-refractivity contribution in [1.29, 1.82) is 0 Å². The first-order chi connectivity index (χ1) is 16.7. The average Bonchev–Trinajstić information content (AvgIpc) is 2.83. The van der Waals surface area contributed by atoms with Crippen LogP contribution in [0.2, 0.25) is 0 Å². The van der Waals surface area contributed by atoms with Crippen LogP contribution in [0, 0.1) is 20.8 Å². The van der Waals surface area contributed by atoms with E-state index < -0.39 is 6.04 Å². The Bertz CT molecular complexity index is 1130. The smallest absolute Gasteiger partial charge is 0.261 e. The Kier molecular flexibility index (Phi) is 9.07. The third-order valence-corrected chi connectivity index (χ3v) is 6.01. The number of rotatable bonds is 10. The minimum Gasteiger partial charge on any atom is -0.483 e. The van der Waals surface area contributed by atoms with Gasteiger partial charge in [0.25, 0.3) is 5.91 Å². The first-order valence-electron chi connectivity index (χ1n) is 12.1. The monoisotopic (exact) mass is 472 g/mol. The van der Waals surface area contributed by atoms with Crippen molar-refractivity contribution >= 4 is 11.8 Å². The highest BCUT2D eigenvalue weighted by Gasteiger charge is 2.31. The van der Waals surface area contributed by atoms with E-state index in [0.717, 1.165) is 27.8 Å². The van der Waals surface area contributed by atoms with Gasteiger partial charge < -0.3 is 15.0 Å². The normalized spacial score (nSPS) is 11.7. The fraction of sp³-hybridized carbons (Fsp3) is 0.333. The van der Waals surface area contributed by atoms with Crippen LogP contribution in [-0.4, -0.2) is 35.4 Å². The van der Waals surface area contributed by atoms with Gasteiger partial charge in [0.1, 0.15) is 11.8 Å². The van der Waals surface area contributed by atoms with Gasteiger partial charge in [0, 0.05) is 19.0 Å². The van der Waals surface area contributed by atoms with E-state index in [1.807, 2.05) is 101 Å². The Morgan fingerprint density at radius 3 is 2.09 bits per heavy atom. The third-order valence-electron chi connectivity index (χ3n) is 6.01. The van der Waals surface area contributed by atoms with Crippen LogP contribution < -0.4 is 10.1 Å². The van der Waals surface area contributed by atoms with E-state index in [2.05, 4.69) is 11.4 Å². The molecule has 0 heterocycles. The zero-order valence-electron chi connectivity index (χ0n) is 21.4. The summed E-state index contributed by atoms with van der Waals surface area (Å²) in [4.78, 5) is 28.7. The summed E-state index contributed by atoms with van der Waals surface area (Å²) in [6.07, 6.45) is 0.417. The highest BCUT2D eigenvalue weighted by molar-refractivity contribution is 5.88. The summed E-state index contributed by atoms with van der Waals surface area (Å²) in [6, 6.07) is 22.9. The molecule has 2 amide bonds. The summed E-state index contributed by atoms with van der Waals surface area (Å²) in [5.41, 5.74) is 5.16. The van der Waals surface area contributed by atoms with E-state index in [4.69, 9.17) is 4.74 Å². The largest absolute Gasteiger partial charge is 0.483 e. The Morgan fingerprint density at radius 1 is 0.886 bits per heavy atom. The average molecular weight is 473 g/mol. The second-order valence-electron chi connectivity index (χ2n) is 9.37. The highest BCUT2D eigenvalue weighted by atomic mass is 16.5. The van der Waals surface area contributed by atoms with Crippen molar-refractivity contribution in [2.24, 2.45) is 0 Å². The molecule has 1 N–H and O–H groups in total. The van der Waals surface area contributed by atoms with Gasteiger partial charge in [0.2, 0.25) is 5.91 Å². The quantitative estimate of drug-likeness (QED) is 0.444. The van der Waals surface area contributed by atoms with Crippen LogP contribution in [0.3, 0.4) is 0 Å². The molecular weight excluding hydrogens is 436 g/mol. The summed E-state index contributed by atoms with van der Waals surface area (Å²) >= 11 is 0. The van der Waals surface area contributed by atoms with Gasteiger partial charge in [-0.1, -0.05) is 66.7 Å². The topological polar surface area (TPSA) is 58.6 Å². The van der Waals surface area contributed by atoms with Crippen LogP contribution in [0.15, 0.2) is 72.8 Å². The minimum atomic E-state index is -0.670. The molecule has 0 aromatic heterocycles. The maximum absolute atomic E-state index is 13.6. The molecule has 0 unspecified atom stereocenters. The lowest BCUT2D eigenvalue weighted by atomic mass is 10.0. The van der Waals surface area contributed by atoms with Crippen LogP contribution in [0.4, 0.5) is 0 Å². The number of hydrogen-bond acceptors (Lipinski definition) is 3. The molecule has 0 saturated carbocycles. The van der Waals surface area contributed by atoms with Crippen molar-refractivity contribution in [2.45, 2.75) is 59.7 Å². The third kappa shape index (κ3) is 7.44. The summed E-state index contributed by atoms with van der Waals surface area (Å²) in [7, 11) is 0. The maximum Gasteiger partial charge on any atom is 0.261 e. The lowest BCUT2D eigenvalue weighted by Crippen LogP contribution is -2.52. The van der Waals surface area contributed by atoms with Crippen molar-refractivity contribution in [3.05, 3.63) is 101 Å². The molecule has 184 valence electrons. The first kappa shape index (κ1) is 26.0. The Hall–Kier alpha value is -3.60. The molecule has 0 fully saturated rings. The molecule has 3 aromatic rings. The van der Waals surface area contributed by atoms with E-state index in [-0.39, 0.29) is 24.5 Å². The molecule has 0 saturated heterocycles. The second kappa shape index (κ2) is 12.2. The molecule has 0 spiro atoms. The Labute approximate surface area is 209 Å². The summed E-state index contributed by atoms with van der Waals surface area (Å²) in [5, 5.41) is 3.01. The van der Waals surface area contributed by atoms with Crippen LogP contribution in [0.1, 0.15) is 41.7 Å². The highest BCUT2D eigenvalue weighted by Crippen LogP contribution is 2.24. The lowest BCUT2D eigenvalue weighted by Gasteiger charge is -2.32.